The Balaban J connectivity index is 2.05. The minimum Gasteiger partial charge on any atom is -0.380 e. The maximum atomic E-state index is 12.7. The lowest BCUT2D eigenvalue weighted by Crippen LogP contribution is -2.42. The number of carbonyl (C=O) groups is 2. The molecular formula is C20H35N7O4. The zero-order valence-corrected chi connectivity index (χ0v) is 18.7. The minimum absolute atomic E-state index is 0.0738. The van der Waals surface area contributed by atoms with Gasteiger partial charge in [0.2, 0.25) is 24.2 Å². The van der Waals surface area contributed by atoms with Crippen molar-refractivity contribution in [1.29, 1.82) is 0 Å². The Labute approximate surface area is 183 Å². The van der Waals surface area contributed by atoms with Gasteiger partial charge in [-0.1, -0.05) is 33.1 Å². The molecule has 0 aromatic carbocycles. The molecule has 31 heavy (non-hydrogen) atoms. The molecule has 0 radical (unpaired) electrons. The van der Waals surface area contributed by atoms with Crippen molar-refractivity contribution in [1.82, 2.24) is 25.4 Å². The van der Waals surface area contributed by atoms with E-state index >= 15 is 0 Å². The number of piperidine rings is 1. The van der Waals surface area contributed by atoms with Gasteiger partial charge in [-0.05, 0) is 19.3 Å². The van der Waals surface area contributed by atoms with Gasteiger partial charge in [0.15, 0.2) is 0 Å². The van der Waals surface area contributed by atoms with Crippen LogP contribution < -0.4 is 15.8 Å². The third-order valence-corrected chi connectivity index (χ3v) is 5.33. The van der Waals surface area contributed by atoms with Crippen LogP contribution in [0.25, 0.3) is 0 Å². The fourth-order valence-corrected chi connectivity index (χ4v) is 3.51. The molecule has 1 aliphatic heterocycles. The number of carbonyl (C=O) groups excluding carboxylic acids is 2. The van der Waals surface area contributed by atoms with E-state index < -0.39 is 5.92 Å². The summed E-state index contributed by atoms with van der Waals surface area (Å²) < 4.78 is 5.48. The van der Waals surface area contributed by atoms with Gasteiger partial charge >= 0.3 is 0 Å². The van der Waals surface area contributed by atoms with Crippen LogP contribution in [0.1, 0.15) is 58.2 Å². The number of hydrogen-bond donors (Lipinski definition) is 3. The molecule has 1 aromatic rings. The fourth-order valence-electron chi connectivity index (χ4n) is 3.51. The summed E-state index contributed by atoms with van der Waals surface area (Å²) in [5.74, 6) is 0.522. The van der Waals surface area contributed by atoms with Crippen LogP contribution in [0.4, 0.5) is 11.9 Å². The topological polar surface area (TPSA) is 133 Å². The average Bonchev–Trinajstić information content (AvgIpc) is 2.81. The lowest BCUT2D eigenvalue weighted by atomic mass is 10.0. The van der Waals surface area contributed by atoms with E-state index in [-0.39, 0.29) is 24.5 Å². The number of amides is 2. The molecular weight excluding hydrogens is 402 g/mol. The van der Waals surface area contributed by atoms with Crippen molar-refractivity contribution in [2.75, 3.05) is 37.1 Å². The van der Waals surface area contributed by atoms with Gasteiger partial charge in [-0.2, -0.15) is 15.0 Å². The van der Waals surface area contributed by atoms with Gasteiger partial charge in [0.05, 0.1) is 18.6 Å². The average molecular weight is 438 g/mol. The van der Waals surface area contributed by atoms with Crippen molar-refractivity contribution >= 4 is 24.2 Å². The van der Waals surface area contributed by atoms with Gasteiger partial charge in [-0.25, -0.2) is 5.06 Å². The first-order valence-electron chi connectivity index (χ1n) is 11.0. The summed E-state index contributed by atoms with van der Waals surface area (Å²) in [4.78, 5) is 38.8. The largest absolute Gasteiger partial charge is 0.380 e. The van der Waals surface area contributed by atoms with E-state index in [2.05, 4.69) is 37.6 Å². The molecule has 1 fully saturated rings. The van der Waals surface area contributed by atoms with Gasteiger partial charge in [0, 0.05) is 26.6 Å². The molecule has 3 N–H and O–H groups in total. The molecule has 1 saturated heterocycles. The Hall–Kier alpha value is -2.53. The standard InChI is InChI=1S/C20H35N7O4/c1-4-6-7-9-15(12-27(30)14-28)18(29)24-25-19-21-17(5-2)22-20(23-19)26-11-8-10-16(13-26)31-3/h14-16,30H,4-13H2,1-3H3,(H,24,29)(H,21,22,23,25). The Morgan fingerprint density at radius 3 is 2.84 bits per heavy atom. The third-order valence-electron chi connectivity index (χ3n) is 5.33. The monoisotopic (exact) mass is 437 g/mol. The van der Waals surface area contributed by atoms with E-state index in [4.69, 9.17) is 4.74 Å². The zero-order chi connectivity index (χ0) is 22.6. The third kappa shape index (κ3) is 7.91. The number of nitrogens with zero attached hydrogens (tertiary/aromatic N) is 5. The molecule has 174 valence electrons. The Morgan fingerprint density at radius 2 is 2.16 bits per heavy atom. The van der Waals surface area contributed by atoms with Crippen molar-refractivity contribution in [2.24, 2.45) is 5.92 Å². The number of hydrazine groups is 1. The smallest absolute Gasteiger partial charge is 0.246 e. The van der Waals surface area contributed by atoms with Crippen molar-refractivity contribution in [3.8, 4) is 0 Å². The Bertz CT molecular complexity index is 706. The van der Waals surface area contributed by atoms with E-state index in [9.17, 15) is 14.8 Å². The van der Waals surface area contributed by atoms with Crippen LogP contribution in [-0.2, 0) is 20.7 Å². The number of unbranched alkanes of at least 4 members (excludes halogenated alkanes) is 2. The molecule has 0 spiro atoms. The number of rotatable bonds is 13. The summed E-state index contributed by atoms with van der Waals surface area (Å²) >= 11 is 0. The lowest BCUT2D eigenvalue weighted by molar-refractivity contribution is -0.154. The van der Waals surface area contributed by atoms with Crippen LogP contribution >= 0.6 is 0 Å². The SMILES string of the molecule is CCCCCC(CN(O)C=O)C(=O)NNc1nc(CC)nc(N2CCCC(OC)C2)n1. The molecule has 2 amide bonds. The van der Waals surface area contributed by atoms with Gasteiger partial charge in [0.25, 0.3) is 0 Å². The van der Waals surface area contributed by atoms with Crippen LogP contribution in [0.2, 0.25) is 0 Å². The first-order valence-corrected chi connectivity index (χ1v) is 11.0. The van der Waals surface area contributed by atoms with E-state index in [0.29, 0.717) is 42.6 Å². The van der Waals surface area contributed by atoms with Crippen LogP contribution in [0, 0.1) is 5.92 Å². The normalized spacial score (nSPS) is 17.2. The molecule has 1 aromatic heterocycles. The van der Waals surface area contributed by atoms with Crippen LogP contribution in [0.15, 0.2) is 0 Å². The molecule has 2 heterocycles. The lowest BCUT2D eigenvalue weighted by Gasteiger charge is -2.32. The molecule has 0 aliphatic carbocycles. The maximum Gasteiger partial charge on any atom is 0.246 e. The van der Waals surface area contributed by atoms with Crippen LogP contribution in [-0.4, -0.2) is 70.4 Å². The quantitative estimate of drug-likeness (QED) is 0.182. The minimum atomic E-state index is -0.550. The summed E-state index contributed by atoms with van der Waals surface area (Å²) in [6, 6.07) is 0. The summed E-state index contributed by atoms with van der Waals surface area (Å²) in [6.45, 7) is 5.48. The second-order valence-corrected chi connectivity index (χ2v) is 7.71. The van der Waals surface area contributed by atoms with Gasteiger partial charge in [-0.15, -0.1) is 0 Å². The highest BCUT2D eigenvalue weighted by molar-refractivity contribution is 5.80. The molecule has 2 unspecified atom stereocenters. The molecule has 2 atom stereocenters. The number of methoxy groups -OCH3 is 1. The van der Waals surface area contributed by atoms with Gasteiger partial charge in [0.1, 0.15) is 5.82 Å². The molecule has 1 aliphatic rings. The summed E-state index contributed by atoms with van der Waals surface area (Å²) in [5, 5.41) is 10.0. The number of hydrogen-bond acceptors (Lipinski definition) is 9. The number of aromatic nitrogens is 3. The number of aryl methyl sites for hydroxylation is 1. The summed E-state index contributed by atoms with van der Waals surface area (Å²) in [5.41, 5.74) is 5.40. The van der Waals surface area contributed by atoms with E-state index in [0.717, 1.165) is 38.6 Å². The summed E-state index contributed by atoms with van der Waals surface area (Å²) in [7, 11) is 1.70. The van der Waals surface area contributed by atoms with Crippen molar-refractivity contribution in [2.45, 2.75) is 64.9 Å². The molecule has 0 saturated carbocycles. The predicted octanol–water partition coefficient (Wildman–Crippen LogP) is 1.54. The second kappa shape index (κ2) is 13.0. The number of nitrogens with one attached hydrogen (secondary N) is 2. The maximum absolute atomic E-state index is 12.7. The number of ether oxygens (including phenoxy) is 1. The Morgan fingerprint density at radius 1 is 1.35 bits per heavy atom. The van der Waals surface area contributed by atoms with E-state index in [1.807, 2.05) is 6.92 Å². The first kappa shape index (κ1) is 24.7. The van der Waals surface area contributed by atoms with Crippen LogP contribution in [0.3, 0.4) is 0 Å². The number of hydroxylamine groups is 2. The summed E-state index contributed by atoms with van der Waals surface area (Å²) in [6.07, 6.45) is 6.41. The van der Waals surface area contributed by atoms with Crippen molar-refractivity contribution in [3.05, 3.63) is 5.82 Å². The second-order valence-electron chi connectivity index (χ2n) is 7.71. The van der Waals surface area contributed by atoms with Crippen molar-refractivity contribution in [3.63, 3.8) is 0 Å². The van der Waals surface area contributed by atoms with E-state index in [1.165, 1.54) is 0 Å². The number of anilines is 2. The van der Waals surface area contributed by atoms with Crippen molar-refractivity contribution < 1.29 is 19.5 Å². The zero-order valence-electron chi connectivity index (χ0n) is 18.7. The van der Waals surface area contributed by atoms with E-state index in [1.54, 1.807) is 7.11 Å². The van der Waals surface area contributed by atoms with Gasteiger partial charge < -0.3 is 9.64 Å². The molecule has 11 heteroatoms. The van der Waals surface area contributed by atoms with Gasteiger partial charge in [-0.3, -0.25) is 25.6 Å². The molecule has 11 nitrogen and oxygen atoms in total. The highest BCUT2D eigenvalue weighted by Gasteiger charge is 2.24. The first-order chi connectivity index (χ1) is 15.0. The fraction of sp³-hybridized carbons (Fsp3) is 0.750. The molecule has 0 bridgehead atoms. The highest BCUT2D eigenvalue weighted by atomic mass is 16.5. The highest BCUT2D eigenvalue weighted by Crippen LogP contribution is 2.19. The van der Waals surface area contributed by atoms with Crippen LogP contribution in [0.5, 0.6) is 0 Å². The predicted molar refractivity (Wildman–Crippen MR) is 115 cm³/mol. The molecule has 2 rings (SSSR count). The Kier molecular flexibility index (Phi) is 10.4.